The molecule has 0 aliphatic carbocycles. The molecule has 0 fully saturated rings. The zero-order valence-corrected chi connectivity index (χ0v) is 7.65. The minimum absolute atomic E-state index is 0.309. The molecule has 0 spiro atoms. The molecule has 0 unspecified atom stereocenters. The van der Waals surface area contributed by atoms with E-state index < -0.39 is 0 Å². The lowest BCUT2D eigenvalue weighted by Crippen LogP contribution is -2.24. The Kier molecular flexibility index (Phi) is 3.95. The zero-order valence-electron chi connectivity index (χ0n) is 7.65. The SMILES string of the molecule is CCCC(C)(C)[C@H](C)CO. The van der Waals surface area contributed by atoms with Gasteiger partial charge in [-0.3, -0.25) is 0 Å². The molecule has 1 atom stereocenters. The second-order valence-corrected chi connectivity index (χ2v) is 3.82. The van der Waals surface area contributed by atoms with Crippen LogP contribution in [0, 0.1) is 11.3 Å². The van der Waals surface area contributed by atoms with Crippen LogP contribution < -0.4 is 0 Å². The van der Waals surface area contributed by atoms with Crippen molar-refractivity contribution in [3.8, 4) is 0 Å². The summed E-state index contributed by atoms with van der Waals surface area (Å²) in [7, 11) is 0. The van der Waals surface area contributed by atoms with Crippen molar-refractivity contribution in [1.82, 2.24) is 0 Å². The summed E-state index contributed by atoms with van der Waals surface area (Å²) in [4.78, 5) is 0. The number of hydrogen-bond acceptors (Lipinski definition) is 1. The lowest BCUT2D eigenvalue weighted by atomic mass is 9.77. The first-order chi connectivity index (χ1) is 4.54. The Morgan fingerprint density at radius 2 is 1.90 bits per heavy atom. The van der Waals surface area contributed by atoms with E-state index in [-0.39, 0.29) is 0 Å². The van der Waals surface area contributed by atoms with Crippen LogP contribution in [0.3, 0.4) is 0 Å². The van der Waals surface area contributed by atoms with Gasteiger partial charge in [0.2, 0.25) is 0 Å². The largest absolute Gasteiger partial charge is 0.396 e. The van der Waals surface area contributed by atoms with Gasteiger partial charge in [0.25, 0.3) is 0 Å². The number of aliphatic hydroxyl groups excluding tert-OH is 1. The highest BCUT2D eigenvalue weighted by atomic mass is 16.3. The molecule has 0 aromatic heterocycles. The summed E-state index contributed by atoms with van der Waals surface area (Å²) in [6.45, 7) is 9.04. The third kappa shape index (κ3) is 2.70. The summed E-state index contributed by atoms with van der Waals surface area (Å²) in [5.74, 6) is 0.424. The molecule has 0 aliphatic heterocycles. The van der Waals surface area contributed by atoms with Crippen LogP contribution in [0.25, 0.3) is 0 Å². The monoisotopic (exact) mass is 144 g/mol. The van der Waals surface area contributed by atoms with Crippen molar-refractivity contribution in [1.29, 1.82) is 0 Å². The third-order valence-electron chi connectivity index (χ3n) is 2.50. The van der Waals surface area contributed by atoms with Crippen molar-refractivity contribution in [2.75, 3.05) is 6.61 Å². The van der Waals surface area contributed by atoms with E-state index >= 15 is 0 Å². The Morgan fingerprint density at radius 1 is 1.40 bits per heavy atom. The first-order valence-corrected chi connectivity index (χ1v) is 4.15. The maximum Gasteiger partial charge on any atom is 0.0461 e. The van der Waals surface area contributed by atoms with Crippen LogP contribution in [0.15, 0.2) is 0 Å². The summed E-state index contributed by atoms with van der Waals surface area (Å²) in [6.07, 6.45) is 2.41. The molecule has 1 nitrogen and oxygen atoms in total. The van der Waals surface area contributed by atoms with Crippen LogP contribution in [0.2, 0.25) is 0 Å². The van der Waals surface area contributed by atoms with E-state index in [0.29, 0.717) is 17.9 Å². The smallest absolute Gasteiger partial charge is 0.0461 e. The molecule has 0 aromatic rings. The summed E-state index contributed by atoms with van der Waals surface area (Å²) >= 11 is 0. The minimum Gasteiger partial charge on any atom is -0.396 e. The number of hydrogen-bond donors (Lipinski definition) is 1. The van der Waals surface area contributed by atoms with Gasteiger partial charge >= 0.3 is 0 Å². The molecule has 0 saturated carbocycles. The molecular weight excluding hydrogens is 124 g/mol. The van der Waals surface area contributed by atoms with E-state index in [2.05, 4.69) is 27.7 Å². The summed E-state index contributed by atoms with van der Waals surface area (Å²) in [5.41, 5.74) is 0.309. The minimum atomic E-state index is 0.309. The predicted octanol–water partition coefficient (Wildman–Crippen LogP) is 2.44. The summed E-state index contributed by atoms with van der Waals surface area (Å²) in [6, 6.07) is 0. The Bertz CT molecular complexity index is 86.7. The summed E-state index contributed by atoms with van der Waals surface area (Å²) in [5, 5.41) is 8.90. The van der Waals surface area contributed by atoms with Crippen LogP contribution in [-0.4, -0.2) is 11.7 Å². The molecule has 1 heteroatoms. The molecule has 1 N–H and O–H groups in total. The van der Waals surface area contributed by atoms with E-state index in [4.69, 9.17) is 5.11 Å². The molecule has 10 heavy (non-hydrogen) atoms. The van der Waals surface area contributed by atoms with E-state index in [1.54, 1.807) is 0 Å². The van der Waals surface area contributed by atoms with E-state index in [0.717, 1.165) is 0 Å². The fraction of sp³-hybridized carbons (Fsp3) is 1.00. The van der Waals surface area contributed by atoms with Crippen molar-refractivity contribution in [2.45, 2.75) is 40.5 Å². The molecule has 0 saturated heterocycles. The maximum atomic E-state index is 8.90. The van der Waals surface area contributed by atoms with Crippen molar-refractivity contribution >= 4 is 0 Å². The van der Waals surface area contributed by atoms with Crippen LogP contribution in [0.1, 0.15) is 40.5 Å². The van der Waals surface area contributed by atoms with Gasteiger partial charge in [-0.05, 0) is 17.8 Å². The van der Waals surface area contributed by atoms with Crippen LogP contribution in [0.4, 0.5) is 0 Å². The molecular formula is C9H20O. The van der Waals surface area contributed by atoms with Gasteiger partial charge in [-0.1, -0.05) is 34.1 Å². The average molecular weight is 144 g/mol. The zero-order chi connectivity index (χ0) is 8.20. The Hall–Kier alpha value is -0.0400. The lowest BCUT2D eigenvalue weighted by Gasteiger charge is -2.29. The highest BCUT2D eigenvalue weighted by molar-refractivity contribution is 4.73. The van der Waals surface area contributed by atoms with Crippen molar-refractivity contribution in [3.63, 3.8) is 0 Å². The fourth-order valence-corrected chi connectivity index (χ4v) is 1.14. The molecule has 0 heterocycles. The van der Waals surface area contributed by atoms with Crippen molar-refractivity contribution < 1.29 is 5.11 Å². The third-order valence-corrected chi connectivity index (χ3v) is 2.50. The van der Waals surface area contributed by atoms with Crippen LogP contribution in [0.5, 0.6) is 0 Å². The molecule has 0 bridgehead atoms. The fourth-order valence-electron chi connectivity index (χ4n) is 1.14. The second-order valence-electron chi connectivity index (χ2n) is 3.82. The molecule has 0 rings (SSSR count). The maximum absolute atomic E-state index is 8.90. The standard InChI is InChI=1S/C9H20O/c1-5-6-9(3,4)8(2)7-10/h8,10H,5-7H2,1-4H3/t8-/m1/s1. The Balaban J connectivity index is 3.82. The molecule has 0 aliphatic rings. The van der Waals surface area contributed by atoms with Gasteiger partial charge in [-0.25, -0.2) is 0 Å². The van der Waals surface area contributed by atoms with Gasteiger partial charge in [0.15, 0.2) is 0 Å². The Morgan fingerprint density at radius 3 is 2.20 bits per heavy atom. The first kappa shape index (κ1) is 9.96. The van der Waals surface area contributed by atoms with Gasteiger partial charge in [0.05, 0.1) is 0 Å². The van der Waals surface area contributed by atoms with Crippen molar-refractivity contribution in [3.05, 3.63) is 0 Å². The van der Waals surface area contributed by atoms with Crippen LogP contribution >= 0.6 is 0 Å². The van der Waals surface area contributed by atoms with Gasteiger partial charge < -0.3 is 5.11 Å². The van der Waals surface area contributed by atoms with E-state index in [1.807, 2.05) is 0 Å². The topological polar surface area (TPSA) is 20.2 Å². The van der Waals surface area contributed by atoms with E-state index in [1.165, 1.54) is 12.8 Å². The first-order valence-electron chi connectivity index (χ1n) is 4.15. The Labute approximate surface area is 64.5 Å². The van der Waals surface area contributed by atoms with Gasteiger partial charge in [0, 0.05) is 6.61 Å². The second kappa shape index (κ2) is 3.97. The molecule has 0 amide bonds. The molecule has 0 aromatic carbocycles. The molecule has 0 radical (unpaired) electrons. The van der Waals surface area contributed by atoms with Crippen LogP contribution in [-0.2, 0) is 0 Å². The van der Waals surface area contributed by atoms with Gasteiger partial charge in [-0.15, -0.1) is 0 Å². The van der Waals surface area contributed by atoms with Gasteiger partial charge in [-0.2, -0.15) is 0 Å². The van der Waals surface area contributed by atoms with Crippen molar-refractivity contribution in [2.24, 2.45) is 11.3 Å². The lowest BCUT2D eigenvalue weighted by molar-refractivity contribution is 0.122. The summed E-state index contributed by atoms with van der Waals surface area (Å²) < 4.78 is 0. The van der Waals surface area contributed by atoms with Gasteiger partial charge in [0.1, 0.15) is 0 Å². The number of aliphatic hydroxyl groups is 1. The quantitative estimate of drug-likeness (QED) is 0.642. The predicted molar refractivity (Wildman–Crippen MR) is 44.9 cm³/mol. The van der Waals surface area contributed by atoms with E-state index in [9.17, 15) is 0 Å². The highest BCUT2D eigenvalue weighted by Crippen LogP contribution is 2.30. The molecule has 62 valence electrons. The normalized spacial score (nSPS) is 15.3. The highest BCUT2D eigenvalue weighted by Gasteiger charge is 2.23. The average Bonchev–Trinajstić information content (AvgIpc) is 1.86. The number of rotatable bonds is 4.